The number of pyridine rings is 1. The zero-order chi connectivity index (χ0) is 20.5. The molecule has 6 nitrogen and oxygen atoms in total. The van der Waals surface area contributed by atoms with Crippen molar-refractivity contribution in [2.45, 2.75) is 35.3 Å². The van der Waals surface area contributed by atoms with Crippen LogP contribution in [-0.2, 0) is 27.4 Å². The summed E-state index contributed by atoms with van der Waals surface area (Å²) in [6.07, 6.45) is -2.07. The van der Waals surface area contributed by atoms with Crippen LogP contribution in [0.25, 0.3) is 0 Å². The molecule has 28 heavy (non-hydrogen) atoms. The molecule has 1 aromatic heterocycles. The molecule has 2 atom stereocenters. The molecule has 1 aromatic carbocycles. The summed E-state index contributed by atoms with van der Waals surface area (Å²) in [6, 6.07) is 6.20. The largest absolute Gasteiger partial charge is 0.480 e. The molecule has 0 saturated carbocycles. The molecule has 1 N–H and O–H groups in total. The van der Waals surface area contributed by atoms with Crippen molar-refractivity contribution in [3.63, 3.8) is 0 Å². The van der Waals surface area contributed by atoms with Crippen LogP contribution in [0.5, 0.6) is 0 Å². The summed E-state index contributed by atoms with van der Waals surface area (Å²) >= 11 is 0. The molecule has 0 radical (unpaired) electrons. The molecule has 2 aromatic rings. The van der Waals surface area contributed by atoms with Gasteiger partial charge in [0.2, 0.25) is 0 Å². The van der Waals surface area contributed by atoms with E-state index >= 15 is 0 Å². The van der Waals surface area contributed by atoms with E-state index in [-0.39, 0.29) is 19.5 Å². The quantitative estimate of drug-likeness (QED) is 0.809. The molecule has 1 aliphatic heterocycles. The molecule has 0 spiro atoms. The molecular formula is C18H17F3N2O4S. The molecule has 1 fully saturated rings. The summed E-state index contributed by atoms with van der Waals surface area (Å²) in [5, 5.41) is 8.22. The van der Waals surface area contributed by atoms with Gasteiger partial charge in [-0.3, -0.25) is 14.7 Å². The topological polar surface area (TPSA) is 87.6 Å². The van der Waals surface area contributed by atoms with Crippen molar-refractivity contribution in [3.05, 3.63) is 59.9 Å². The van der Waals surface area contributed by atoms with Gasteiger partial charge in [-0.1, -0.05) is 12.1 Å². The Hall–Kier alpha value is -2.46. The van der Waals surface area contributed by atoms with E-state index in [0.29, 0.717) is 6.07 Å². The number of rotatable bonds is 5. The Kier molecular flexibility index (Phi) is 5.44. The lowest BCUT2D eigenvalue weighted by Gasteiger charge is -2.21. The first kappa shape index (κ1) is 20.3. The number of aliphatic carboxylic acids is 1. The van der Waals surface area contributed by atoms with Crippen LogP contribution in [0.4, 0.5) is 13.2 Å². The van der Waals surface area contributed by atoms with Gasteiger partial charge in [0.15, 0.2) is 9.84 Å². The number of nitrogens with zero attached hydrogens (tertiary/aromatic N) is 2. The van der Waals surface area contributed by atoms with Crippen LogP contribution in [0, 0.1) is 0 Å². The number of halogens is 3. The standard InChI is InChI=1S/C18H17F3N2O4S/c19-18(20,21)14-3-1-2-4-16(14)28(26,27)13-9-15(17(24)25)23(11-13)10-12-5-7-22-8-6-12/h1-8,13,15H,9-11H2,(H,24,25)/t13-,15+/m1/s1. The zero-order valence-corrected chi connectivity index (χ0v) is 15.3. The maximum atomic E-state index is 13.3. The van der Waals surface area contributed by atoms with Crippen molar-refractivity contribution in [2.24, 2.45) is 0 Å². The zero-order valence-electron chi connectivity index (χ0n) is 14.5. The molecule has 1 saturated heterocycles. The first-order chi connectivity index (χ1) is 13.1. The minimum Gasteiger partial charge on any atom is -0.480 e. The molecule has 0 unspecified atom stereocenters. The lowest BCUT2D eigenvalue weighted by atomic mass is 10.2. The minimum atomic E-state index is -4.83. The van der Waals surface area contributed by atoms with Crippen molar-refractivity contribution < 1.29 is 31.5 Å². The third-order valence-corrected chi connectivity index (χ3v) is 6.91. The van der Waals surface area contributed by atoms with Gasteiger partial charge in [0, 0.05) is 25.5 Å². The smallest absolute Gasteiger partial charge is 0.417 e. The van der Waals surface area contributed by atoms with E-state index in [9.17, 15) is 31.5 Å². The van der Waals surface area contributed by atoms with Crippen LogP contribution < -0.4 is 0 Å². The molecule has 1 aliphatic rings. The predicted octanol–water partition coefficient (Wildman–Crippen LogP) is 2.60. The van der Waals surface area contributed by atoms with Crippen molar-refractivity contribution in [1.29, 1.82) is 0 Å². The lowest BCUT2D eigenvalue weighted by molar-refractivity contribution is -0.142. The summed E-state index contributed by atoms with van der Waals surface area (Å²) in [6.45, 7) is -0.0137. The van der Waals surface area contributed by atoms with E-state index in [2.05, 4.69) is 4.98 Å². The van der Waals surface area contributed by atoms with Gasteiger partial charge >= 0.3 is 12.1 Å². The summed E-state index contributed by atoms with van der Waals surface area (Å²) in [7, 11) is -4.38. The molecule has 0 bridgehead atoms. The molecule has 2 heterocycles. The van der Waals surface area contributed by atoms with Crippen molar-refractivity contribution in [3.8, 4) is 0 Å². The van der Waals surface area contributed by atoms with Crippen LogP contribution in [-0.4, -0.2) is 47.2 Å². The van der Waals surface area contributed by atoms with Gasteiger partial charge < -0.3 is 5.11 Å². The second-order valence-corrected chi connectivity index (χ2v) is 8.73. The van der Waals surface area contributed by atoms with E-state index in [1.807, 2.05) is 0 Å². The van der Waals surface area contributed by atoms with Gasteiger partial charge in [0.1, 0.15) is 6.04 Å². The third kappa shape index (κ3) is 4.02. The Morgan fingerprint density at radius 3 is 2.43 bits per heavy atom. The fourth-order valence-corrected chi connectivity index (χ4v) is 5.31. The highest BCUT2D eigenvalue weighted by Crippen LogP contribution is 2.37. The SMILES string of the molecule is O=C(O)[C@@H]1C[C@@H](S(=O)(=O)c2ccccc2C(F)(F)F)CN1Cc1ccncc1. The van der Waals surface area contributed by atoms with Gasteiger partial charge in [-0.15, -0.1) is 0 Å². The van der Waals surface area contributed by atoms with E-state index in [1.54, 1.807) is 12.1 Å². The number of likely N-dealkylation sites (tertiary alicyclic amines) is 1. The van der Waals surface area contributed by atoms with Crippen molar-refractivity contribution in [1.82, 2.24) is 9.88 Å². The average molecular weight is 414 g/mol. The summed E-state index contributed by atoms with van der Waals surface area (Å²) < 4.78 is 65.7. The molecular weight excluding hydrogens is 397 g/mol. The fourth-order valence-electron chi connectivity index (χ4n) is 3.37. The van der Waals surface area contributed by atoms with Gasteiger partial charge in [-0.25, -0.2) is 8.42 Å². The Labute approximate surface area is 159 Å². The number of hydrogen-bond donors (Lipinski definition) is 1. The number of carboxylic acid groups (broad SMARTS) is 1. The number of hydrogen-bond acceptors (Lipinski definition) is 5. The van der Waals surface area contributed by atoms with Gasteiger partial charge in [0.05, 0.1) is 15.7 Å². The van der Waals surface area contributed by atoms with Crippen LogP contribution in [0.1, 0.15) is 17.5 Å². The maximum absolute atomic E-state index is 13.3. The fraction of sp³-hybridized carbons (Fsp3) is 0.333. The van der Waals surface area contributed by atoms with E-state index in [4.69, 9.17) is 0 Å². The average Bonchev–Trinajstić information content (AvgIpc) is 3.07. The summed E-state index contributed by atoms with van der Waals surface area (Å²) in [5.74, 6) is -1.21. The molecule has 0 aliphatic carbocycles. The molecule has 0 amide bonds. The van der Waals surface area contributed by atoms with Crippen molar-refractivity contribution >= 4 is 15.8 Å². The maximum Gasteiger partial charge on any atom is 0.417 e. The number of aromatic nitrogens is 1. The van der Waals surface area contributed by atoms with Crippen LogP contribution in [0.3, 0.4) is 0 Å². The van der Waals surface area contributed by atoms with Gasteiger partial charge in [-0.05, 0) is 36.2 Å². The Morgan fingerprint density at radius 1 is 1.18 bits per heavy atom. The van der Waals surface area contributed by atoms with Crippen LogP contribution in [0.2, 0.25) is 0 Å². The molecule has 10 heteroatoms. The first-order valence-corrected chi connectivity index (χ1v) is 9.91. The number of carboxylic acids is 1. The highest BCUT2D eigenvalue weighted by molar-refractivity contribution is 7.92. The third-order valence-electron chi connectivity index (χ3n) is 4.72. The summed E-state index contributed by atoms with van der Waals surface area (Å²) in [5.41, 5.74) is -0.510. The van der Waals surface area contributed by atoms with Crippen molar-refractivity contribution in [2.75, 3.05) is 6.54 Å². The first-order valence-electron chi connectivity index (χ1n) is 8.36. The summed E-state index contributed by atoms with van der Waals surface area (Å²) in [4.78, 5) is 16.1. The number of alkyl halides is 3. The Morgan fingerprint density at radius 2 is 1.82 bits per heavy atom. The predicted molar refractivity (Wildman–Crippen MR) is 93.1 cm³/mol. The number of sulfone groups is 1. The number of carbonyl (C=O) groups is 1. The number of benzene rings is 1. The lowest BCUT2D eigenvalue weighted by Crippen LogP contribution is -2.35. The Bertz CT molecular complexity index is 964. The monoisotopic (exact) mass is 414 g/mol. The molecule has 150 valence electrons. The van der Waals surface area contributed by atoms with Gasteiger partial charge in [0.25, 0.3) is 0 Å². The second kappa shape index (κ2) is 7.51. The van der Waals surface area contributed by atoms with Crippen LogP contribution >= 0.6 is 0 Å². The van der Waals surface area contributed by atoms with Gasteiger partial charge in [-0.2, -0.15) is 13.2 Å². The Balaban J connectivity index is 1.93. The molecule has 3 rings (SSSR count). The minimum absolute atomic E-state index is 0.159. The normalized spacial score (nSPS) is 21.0. The van der Waals surface area contributed by atoms with Crippen LogP contribution in [0.15, 0.2) is 53.7 Å². The van der Waals surface area contributed by atoms with E-state index < -0.39 is 43.7 Å². The van der Waals surface area contributed by atoms with E-state index in [0.717, 1.165) is 17.7 Å². The highest BCUT2D eigenvalue weighted by Gasteiger charge is 2.46. The second-order valence-electron chi connectivity index (χ2n) is 6.54. The van der Waals surface area contributed by atoms with E-state index in [1.165, 1.54) is 23.4 Å². The highest BCUT2D eigenvalue weighted by atomic mass is 32.2.